The summed E-state index contributed by atoms with van der Waals surface area (Å²) in [7, 11) is -4.28. The molecule has 2 atom stereocenters. The molecule has 0 aromatic carbocycles. The lowest BCUT2D eigenvalue weighted by Gasteiger charge is -2.44. The van der Waals surface area contributed by atoms with Crippen molar-refractivity contribution < 1.29 is 17.2 Å². The van der Waals surface area contributed by atoms with E-state index in [9.17, 15) is 8.42 Å². The predicted molar refractivity (Wildman–Crippen MR) is 59.4 cm³/mol. The molecule has 0 aliphatic carbocycles. The Morgan fingerprint density at radius 1 is 1.19 bits per heavy atom. The summed E-state index contributed by atoms with van der Waals surface area (Å²) in [5, 5.41) is 0. The van der Waals surface area contributed by atoms with Crippen LogP contribution in [0, 0.1) is 5.92 Å². The molecule has 0 bridgehead atoms. The summed E-state index contributed by atoms with van der Waals surface area (Å²) >= 11 is 0. The van der Waals surface area contributed by atoms with Crippen molar-refractivity contribution in [1.82, 2.24) is 4.90 Å². The molecule has 0 amide bonds. The van der Waals surface area contributed by atoms with Crippen molar-refractivity contribution in [1.29, 1.82) is 0 Å². The first kappa shape index (κ1) is 12.3. The summed E-state index contributed by atoms with van der Waals surface area (Å²) in [5.41, 5.74) is 0. The molecule has 2 aliphatic rings. The Kier molecular flexibility index (Phi) is 3.84. The molecule has 2 rings (SSSR count). The van der Waals surface area contributed by atoms with E-state index in [-0.39, 0.29) is 12.5 Å². The summed E-state index contributed by atoms with van der Waals surface area (Å²) in [4.78, 5) is 2.44. The molecule has 94 valence electrons. The summed E-state index contributed by atoms with van der Waals surface area (Å²) in [6.45, 7) is 2.36. The van der Waals surface area contributed by atoms with Gasteiger partial charge in [0.05, 0.1) is 6.61 Å². The minimum absolute atomic E-state index is 0.125. The van der Waals surface area contributed by atoms with Gasteiger partial charge >= 0.3 is 10.4 Å². The number of rotatable bonds is 3. The average molecular weight is 249 g/mol. The number of hydrogen-bond acceptors (Lipinski definition) is 4. The first-order chi connectivity index (χ1) is 7.56. The standard InChI is InChI=1S/C10H19NO4S/c12-16(13,14)15-8-9-4-3-7-11-6-2-1-5-10(9)11/h9-10H,1-8H2,(H,12,13,14). The number of nitrogens with zero attached hydrogens (tertiary/aromatic N) is 1. The molecule has 5 nitrogen and oxygen atoms in total. The molecule has 2 unspecified atom stereocenters. The van der Waals surface area contributed by atoms with Crippen LogP contribution in [0.4, 0.5) is 0 Å². The van der Waals surface area contributed by atoms with Crippen molar-refractivity contribution in [3.63, 3.8) is 0 Å². The van der Waals surface area contributed by atoms with Gasteiger partial charge in [-0.25, -0.2) is 4.18 Å². The fourth-order valence-corrected chi connectivity index (χ4v) is 3.29. The van der Waals surface area contributed by atoms with Crippen molar-refractivity contribution in [3.05, 3.63) is 0 Å². The highest BCUT2D eigenvalue weighted by Crippen LogP contribution is 2.31. The minimum atomic E-state index is -4.28. The molecule has 2 saturated heterocycles. The zero-order valence-electron chi connectivity index (χ0n) is 9.34. The number of hydrogen-bond donors (Lipinski definition) is 1. The van der Waals surface area contributed by atoms with Gasteiger partial charge in [-0.15, -0.1) is 0 Å². The van der Waals surface area contributed by atoms with E-state index in [1.165, 1.54) is 12.8 Å². The average Bonchev–Trinajstić information content (AvgIpc) is 2.25. The lowest BCUT2D eigenvalue weighted by molar-refractivity contribution is 0.0356. The van der Waals surface area contributed by atoms with E-state index in [2.05, 4.69) is 9.08 Å². The molecular weight excluding hydrogens is 230 g/mol. The van der Waals surface area contributed by atoms with E-state index in [4.69, 9.17) is 4.55 Å². The van der Waals surface area contributed by atoms with Gasteiger partial charge in [-0.2, -0.15) is 8.42 Å². The van der Waals surface area contributed by atoms with Crippen LogP contribution < -0.4 is 0 Å². The Bertz CT molecular complexity index is 328. The van der Waals surface area contributed by atoms with Crippen LogP contribution in [0.15, 0.2) is 0 Å². The van der Waals surface area contributed by atoms with Gasteiger partial charge in [-0.05, 0) is 44.7 Å². The SMILES string of the molecule is O=S(=O)(O)OCC1CCCN2CCCCC12. The van der Waals surface area contributed by atoms with Gasteiger partial charge in [0.15, 0.2) is 0 Å². The van der Waals surface area contributed by atoms with E-state index in [0.29, 0.717) is 6.04 Å². The Hall–Kier alpha value is -0.170. The first-order valence-electron chi connectivity index (χ1n) is 5.92. The second-order valence-electron chi connectivity index (χ2n) is 4.71. The molecule has 0 radical (unpaired) electrons. The summed E-state index contributed by atoms with van der Waals surface area (Å²) in [6, 6.07) is 0.448. The molecule has 0 aromatic rings. The molecule has 2 fully saturated rings. The molecule has 0 spiro atoms. The van der Waals surface area contributed by atoms with E-state index in [1.807, 2.05) is 0 Å². The van der Waals surface area contributed by atoms with E-state index in [1.54, 1.807) is 0 Å². The maximum atomic E-state index is 10.6. The highest BCUT2D eigenvalue weighted by Gasteiger charge is 2.33. The van der Waals surface area contributed by atoms with E-state index in [0.717, 1.165) is 32.4 Å². The van der Waals surface area contributed by atoms with Gasteiger partial charge in [-0.1, -0.05) is 6.42 Å². The lowest BCUT2D eigenvalue weighted by atomic mass is 9.84. The zero-order valence-corrected chi connectivity index (χ0v) is 10.2. The normalized spacial score (nSPS) is 32.3. The van der Waals surface area contributed by atoms with Gasteiger partial charge in [0.1, 0.15) is 0 Å². The highest BCUT2D eigenvalue weighted by atomic mass is 32.3. The molecule has 6 heteroatoms. The van der Waals surface area contributed by atoms with Crippen LogP contribution >= 0.6 is 0 Å². The van der Waals surface area contributed by atoms with Gasteiger partial charge in [0, 0.05) is 6.04 Å². The second-order valence-corrected chi connectivity index (χ2v) is 5.80. The fraction of sp³-hybridized carbons (Fsp3) is 1.00. The zero-order chi connectivity index (χ0) is 11.6. The fourth-order valence-electron chi connectivity index (χ4n) is 2.94. The smallest absolute Gasteiger partial charge is 0.300 e. The second kappa shape index (κ2) is 5.00. The number of piperidine rings is 2. The highest BCUT2D eigenvalue weighted by molar-refractivity contribution is 7.80. The quantitative estimate of drug-likeness (QED) is 0.758. The maximum absolute atomic E-state index is 10.6. The van der Waals surface area contributed by atoms with Gasteiger partial charge < -0.3 is 4.90 Å². The van der Waals surface area contributed by atoms with Crippen LogP contribution in [0.25, 0.3) is 0 Å². The third-order valence-corrected chi connectivity index (χ3v) is 4.09. The van der Waals surface area contributed by atoms with Crippen molar-refractivity contribution in [2.75, 3.05) is 19.7 Å². The van der Waals surface area contributed by atoms with Crippen LogP contribution in [0.5, 0.6) is 0 Å². The van der Waals surface area contributed by atoms with Crippen molar-refractivity contribution in [2.24, 2.45) is 5.92 Å². The maximum Gasteiger partial charge on any atom is 0.397 e. The predicted octanol–water partition coefficient (Wildman–Crippen LogP) is 1.07. The molecule has 0 saturated carbocycles. The third kappa shape index (κ3) is 3.16. The van der Waals surface area contributed by atoms with E-state index >= 15 is 0 Å². The molecule has 1 N–H and O–H groups in total. The Morgan fingerprint density at radius 3 is 2.69 bits per heavy atom. The molecular formula is C10H19NO4S. The van der Waals surface area contributed by atoms with Crippen molar-refractivity contribution in [2.45, 2.75) is 38.1 Å². The van der Waals surface area contributed by atoms with Crippen LogP contribution in [0.1, 0.15) is 32.1 Å². The summed E-state index contributed by atoms with van der Waals surface area (Å²) < 4.78 is 34.2. The largest absolute Gasteiger partial charge is 0.397 e. The van der Waals surface area contributed by atoms with Crippen LogP contribution in [0.2, 0.25) is 0 Å². The molecule has 2 aliphatic heterocycles. The molecule has 0 aromatic heterocycles. The van der Waals surface area contributed by atoms with Crippen LogP contribution in [-0.4, -0.2) is 43.6 Å². The Labute approximate surface area is 96.7 Å². The third-order valence-electron chi connectivity index (χ3n) is 3.66. The van der Waals surface area contributed by atoms with Crippen LogP contribution in [-0.2, 0) is 14.6 Å². The summed E-state index contributed by atoms with van der Waals surface area (Å²) in [6.07, 6.45) is 5.66. The van der Waals surface area contributed by atoms with Crippen LogP contribution in [0.3, 0.4) is 0 Å². The van der Waals surface area contributed by atoms with Crippen molar-refractivity contribution in [3.8, 4) is 0 Å². The molecule has 16 heavy (non-hydrogen) atoms. The van der Waals surface area contributed by atoms with E-state index < -0.39 is 10.4 Å². The Balaban J connectivity index is 1.92. The Morgan fingerprint density at radius 2 is 1.94 bits per heavy atom. The number of fused-ring (bicyclic) bond motifs is 1. The monoisotopic (exact) mass is 249 g/mol. The van der Waals surface area contributed by atoms with Gasteiger partial charge in [0.25, 0.3) is 0 Å². The van der Waals surface area contributed by atoms with Crippen molar-refractivity contribution >= 4 is 10.4 Å². The lowest BCUT2D eigenvalue weighted by Crippen LogP contribution is -2.49. The minimum Gasteiger partial charge on any atom is -0.300 e. The first-order valence-corrected chi connectivity index (χ1v) is 7.29. The molecule has 2 heterocycles. The summed E-state index contributed by atoms with van der Waals surface area (Å²) in [5.74, 6) is 0.246. The topological polar surface area (TPSA) is 66.8 Å². The van der Waals surface area contributed by atoms with Gasteiger partial charge in [0.2, 0.25) is 0 Å². The van der Waals surface area contributed by atoms with Gasteiger partial charge in [-0.3, -0.25) is 4.55 Å².